The number of aliphatic hydroxyl groups is 1. The van der Waals surface area contributed by atoms with Crippen LogP contribution in [0.15, 0.2) is 18.1 Å². The van der Waals surface area contributed by atoms with Gasteiger partial charge in [-0.15, -0.1) is 0 Å². The molecule has 8 nitrogen and oxygen atoms in total. The third-order valence-corrected chi connectivity index (χ3v) is 5.45. The zero-order valence-electron chi connectivity index (χ0n) is 13.7. The number of rotatable bonds is 6. The van der Waals surface area contributed by atoms with Crippen molar-refractivity contribution in [1.29, 1.82) is 0 Å². The van der Waals surface area contributed by atoms with Gasteiger partial charge in [0.15, 0.2) is 9.84 Å². The monoisotopic (exact) mass is 354 g/mol. The van der Waals surface area contributed by atoms with Crippen LogP contribution in [0.1, 0.15) is 25.8 Å². The lowest BCUT2D eigenvalue weighted by molar-refractivity contribution is -0.118. The molecule has 24 heavy (non-hydrogen) atoms. The topological polar surface area (TPSA) is 121 Å². The summed E-state index contributed by atoms with van der Waals surface area (Å²) in [5, 5.41) is 14.7. The van der Waals surface area contributed by atoms with E-state index in [1.807, 2.05) is 0 Å². The highest BCUT2D eigenvalue weighted by atomic mass is 32.2. The molecular formula is C15H22N4O4S. The summed E-state index contributed by atoms with van der Waals surface area (Å²) < 4.78 is 23.7. The van der Waals surface area contributed by atoms with Gasteiger partial charge in [0.2, 0.25) is 5.91 Å². The van der Waals surface area contributed by atoms with Crippen LogP contribution in [-0.4, -0.2) is 59.6 Å². The molecule has 0 unspecified atom stereocenters. The summed E-state index contributed by atoms with van der Waals surface area (Å²) in [4.78, 5) is 20.6. The standard InChI is InChI=1S/C15H22N4O4S/c1-15(2,9-24(22,23)6-5-20)19-14(21)11-3-4-17-13-12(7-11)8-16-10-18-13/h7-8,10,20H,3-6,9H2,1-2H3,(H,19,21)(H,16,17,18). The largest absolute Gasteiger partial charge is 0.395 e. The van der Waals surface area contributed by atoms with Crippen molar-refractivity contribution >= 4 is 27.6 Å². The zero-order valence-corrected chi connectivity index (χ0v) is 14.6. The molecule has 0 spiro atoms. The highest BCUT2D eigenvalue weighted by Crippen LogP contribution is 2.21. The van der Waals surface area contributed by atoms with Crippen molar-refractivity contribution in [1.82, 2.24) is 15.3 Å². The summed E-state index contributed by atoms with van der Waals surface area (Å²) in [7, 11) is -3.44. The second kappa shape index (κ2) is 7.27. The Morgan fingerprint density at radius 2 is 2.21 bits per heavy atom. The van der Waals surface area contributed by atoms with E-state index in [0.29, 0.717) is 29.9 Å². The van der Waals surface area contributed by atoms with Crippen molar-refractivity contribution in [3.8, 4) is 0 Å². The molecule has 132 valence electrons. The van der Waals surface area contributed by atoms with Crippen LogP contribution in [0.3, 0.4) is 0 Å². The van der Waals surface area contributed by atoms with Gasteiger partial charge in [-0.3, -0.25) is 4.79 Å². The second-order valence-corrected chi connectivity index (χ2v) is 8.51. The smallest absolute Gasteiger partial charge is 0.247 e. The van der Waals surface area contributed by atoms with Gasteiger partial charge in [-0.1, -0.05) is 0 Å². The predicted molar refractivity (Wildman–Crippen MR) is 91.1 cm³/mol. The zero-order chi connectivity index (χ0) is 17.8. The SMILES string of the molecule is CC(C)(CS(=O)(=O)CCO)NC(=O)C1=Cc2cncnc2NCC1. The lowest BCUT2D eigenvalue weighted by Crippen LogP contribution is -2.49. The van der Waals surface area contributed by atoms with Crippen LogP contribution in [0.2, 0.25) is 0 Å². The summed E-state index contributed by atoms with van der Waals surface area (Å²) in [6.45, 7) is 3.41. The number of carbonyl (C=O) groups excluding carboxylic acids is 1. The molecular weight excluding hydrogens is 332 g/mol. The van der Waals surface area contributed by atoms with E-state index >= 15 is 0 Å². The van der Waals surface area contributed by atoms with Gasteiger partial charge < -0.3 is 15.7 Å². The van der Waals surface area contributed by atoms with Crippen molar-refractivity contribution in [3.63, 3.8) is 0 Å². The summed E-state index contributed by atoms with van der Waals surface area (Å²) in [5.74, 6) is -0.212. The number of anilines is 1. The maximum atomic E-state index is 12.5. The van der Waals surface area contributed by atoms with Crippen molar-refractivity contribution in [2.45, 2.75) is 25.8 Å². The van der Waals surface area contributed by atoms with E-state index in [1.165, 1.54) is 6.33 Å². The molecule has 2 heterocycles. The van der Waals surface area contributed by atoms with Gasteiger partial charge in [0.25, 0.3) is 0 Å². The number of sulfone groups is 1. The fourth-order valence-corrected chi connectivity index (χ4v) is 4.13. The molecule has 9 heteroatoms. The van der Waals surface area contributed by atoms with Gasteiger partial charge in [0.1, 0.15) is 12.1 Å². The van der Waals surface area contributed by atoms with Crippen molar-refractivity contribution in [2.75, 3.05) is 30.0 Å². The number of hydrogen-bond donors (Lipinski definition) is 3. The Kier molecular flexibility index (Phi) is 5.55. The molecule has 0 radical (unpaired) electrons. The van der Waals surface area contributed by atoms with Crippen molar-refractivity contribution < 1.29 is 18.3 Å². The minimum atomic E-state index is -3.44. The number of aromatic nitrogens is 2. The molecule has 2 rings (SSSR count). The molecule has 1 aromatic heterocycles. The average Bonchev–Trinajstić information content (AvgIpc) is 2.67. The van der Waals surface area contributed by atoms with E-state index < -0.39 is 22.0 Å². The van der Waals surface area contributed by atoms with E-state index in [1.54, 1.807) is 26.1 Å². The average molecular weight is 354 g/mol. The molecule has 0 saturated carbocycles. The first-order valence-electron chi connectivity index (χ1n) is 7.61. The lowest BCUT2D eigenvalue weighted by Gasteiger charge is -2.26. The molecule has 0 fully saturated rings. The Morgan fingerprint density at radius 1 is 1.46 bits per heavy atom. The Bertz CT molecular complexity index is 744. The van der Waals surface area contributed by atoms with Crippen LogP contribution in [0.4, 0.5) is 5.82 Å². The highest BCUT2D eigenvalue weighted by molar-refractivity contribution is 7.91. The van der Waals surface area contributed by atoms with Crippen LogP contribution in [0.5, 0.6) is 0 Å². The van der Waals surface area contributed by atoms with E-state index in [0.717, 1.165) is 0 Å². The minimum Gasteiger partial charge on any atom is -0.395 e. The normalized spacial score (nSPS) is 14.9. The number of amides is 1. The first-order chi connectivity index (χ1) is 11.2. The van der Waals surface area contributed by atoms with E-state index in [2.05, 4.69) is 20.6 Å². The first-order valence-corrected chi connectivity index (χ1v) is 9.43. The van der Waals surface area contributed by atoms with E-state index in [9.17, 15) is 13.2 Å². The predicted octanol–water partition coefficient (Wildman–Crippen LogP) is -0.0225. The fourth-order valence-electron chi connectivity index (χ4n) is 2.53. The number of hydrogen-bond acceptors (Lipinski definition) is 7. The summed E-state index contributed by atoms with van der Waals surface area (Å²) in [5.41, 5.74) is 0.302. The molecule has 3 N–H and O–H groups in total. The fraction of sp³-hybridized carbons (Fsp3) is 0.533. The molecule has 0 saturated heterocycles. The van der Waals surface area contributed by atoms with Crippen LogP contribution < -0.4 is 10.6 Å². The number of aliphatic hydroxyl groups excluding tert-OH is 1. The Labute approximate surface area is 141 Å². The minimum absolute atomic E-state index is 0.239. The number of nitrogens with one attached hydrogen (secondary N) is 2. The van der Waals surface area contributed by atoms with Crippen LogP contribution >= 0.6 is 0 Å². The summed E-state index contributed by atoms with van der Waals surface area (Å²) >= 11 is 0. The molecule has 0 atom stereocenters. The molecule has 0 aliphatic carbocycles. The maximum absolute atomic E-state index is 12.5. The van der Waals surface area contributed by atoms with Crippen molar-refractivity contribution in [3.05, 3.63) is 23.7 Å². The van der Waals surface area contributed by atoms with Crippen molar-refractivity contribution in [2.24, 2.45) is 0 Å². The molecule has 1 aromatic rings. The number of fused-ring (bicyclic) bond motifs is 1. The second-order valence-electron chi connectivity index (χ2n) is 6.33. The number of carbonyl (C=O) groups is 1. The molecule has 1 aliphatic heterocycles. The summed E-state index contributed by atoms with van der Waals surface area (Å²) in [6.07, 6.45) is 5.25. The van der Waals surface area contributed by atoms with E-state index in [4.69, 9.17) is 5.11 Å². The van der Waals surface area contributed by atoms with Gasteiger partial charge in [-0.25, -0.2) is 18.4 Å². The third-order valence-electron chi connectivity index (χ3n) is 3.48. The molecule has 1 aliphatic rings. The Morgan fingerprint density at radius 3 is 2.92 bits per heavy atom. The third kappa shape index (κ3) is 5.00. The van der Waals surface area contributed by atoms with Crippen LogP contribution in [0.25, 0.3) is 6.08 Å². The highest BCUT2D eigenvalue weighted by Gasteiger charge is 2.29. The Balaban J connectivity index is 2.13. The van der Waals surface area contributed by atoms with E-state index in [-0.39, 0.29) is 17.4 Å². The Hall–Kier alpha value is -2.00. The summed E-state index contributed by atoms with van der Waals surface area (Å²) in [6, 6.07) is 0. The van der Waals surface area contributed by atoms with Crippen LogP contribution in [0, 0.1) is 0 Å². The molecule has 1 amide bonds. The van der Waals surface area contributed by atoms with Gasteiger partial charge in [0.05, 0.1) is 18.1 Å². The quantitative estimate of drug-likeness (QED) is 0.656. The lowest BCUT2D eigenvalue weighted by atomic mass is 10.1. The van der Waals surface area contributed by atoms with Gasteiger partial charge >= 0.3 is 0 Å². The number of nitrogens with zero attached hydrogens (tertiary/aromatic N) is 2. The first kappa shape index (κ1) is 18.3. The maximum Gasteiger partial charge on any atom is 0.247 e. The van der Waals surface area contributed by atoms with Gasteiger partial charge in [0, 0.05) is 29.4 Å². The molecule has 0 bridgehead atoms. The van der Waals surface area contributed by atoms with Gasteiger partial charge in [-0.2, -0.15) is 0 Å². The van der Waals surface area contributed by atoms with Crippen LogP contribution in [-0.2, 0) is 14.6 Å². The molecule has 0 aromatic carbocycles. The van der Waals surface area contributed by atoms with Gasteiger partial charge in [-0.05, 0) is 26.3 Å².